The van der Waals surface area contributed by atoms with E-state index in [4.69, 9.17) is 21.1 Å². The topological polar surface area (TPSA) is 121 Å². The summed E-state index contributed by atoms with van der Waals surface area (Å²) >= 11 is 6.04. The second-order valence-corrected chi connectivity index (χ2v) is 6.23. The molecule has 30 heavy (non-hydrogen) atoms. The number of ether oxygens (including phenoxy) is 2. The molecule has 9 nitrogen and oxygen atoms in total. The predicted octanol–water partition coefficient (Wildman–Crippen LogP) is 4.47. The Bertz CT molecular complexity index is 1140. The number of hydrogen-bond donors (Lipinski definition) is 1. The summed E-state index contributed by atoms with van der Waals surface area (Å²) in [5.74, 6) is -1.43. The number of hydrogen-bond acceptors (Lipinski definition) is 7. The number of rotatable bonds is 6. The number of aromatic nitrogens is 1. The maximum atomic E-state index is 12.5. The molecule has 152 valence electrons. The Morgan fingerprint density at radius 1 is 1.10 bits per heavy atom. The average Bonchev–Trinajstić information content (AvgIpc) is 2.74. The van der Waals surface area contributed by atoms with Gasteiger partial charge in [0.15, 0.2) is 0 Å². The van der Waals surface area contributed by atoms with E-state index in [-0.39, 0.29) is 39.2 Å². The van der Waals surface area contributed by atoms with Crippen molar-refractivity contribution in [3.8, 4) is 11.6 Å². The number of anilines is 1. The molecule has 0 saturated carbocycles. The molecule has 0 unspecified atom stereocenters. The number of halogens is 1. The van der Waals surface area contributed by atoms with E-state index in [9.17, 15) is 19.7 Å². The largest absolute Gasteiger partial charge is 0.465 e. The number of nitrogens with zero attached hydrogens (tertiary/aromatic N) is 2. The minimum absolute atomic E-state index is 0.0195. The van der Waals surface area contributed by atoms with E-state index in [1.807, 2.05) is 0 Å². The van der Waals surface area contributed by atoms with Crippen LogP contribution in [0, 0.1) is 10.1 Å². The summed E-state index contributed by atoms with van der Waals surface area (Å²) in [6.07, 6.45) is 1.34. The molecule has 0 radical (unpaired) electrons. The summed E-state index contributed by atoms with van der Waals surface area (Å²) in [5, 5.41) is 14.0. The number of esters is 1. The molecule has 10 heteroatoms. The van der Waals surface area contributed by atoms with Crippen LogP contribution in [-0.2, 0) is 4.74 Å². The Morgan fingerprint density at radius 3 is 2.57 bits per heavy atom. The van der Waals surface area contributed by atoms with Crippen LogP contribution < -0.4 is 10.1 Å². The van der Waals surface area contributed by atoms with Gasteiger partial charge in [0, 0.05) is 12.3 Å². The van der Waals surface area contributed by atoms with Crippen LogP contribution >= 0.6 is 11.6 Å². The highest BCUT2D eigenvalue weighted by molar-refractivity contribution is 6.34. The van der Waals surface area contributed by atoms with E-state index in [2.05, 4.69) is 10.3 Å². The lowest BCUT2D eigenvalue weighted by Crippen LogP contribution is -2.16. The standard InChI is InChI=1S/C20H14ClN3O6/c1-29-20(26)14-11-12(30-19-17(24(27)28)7-4-10-22-19)8-9-16(14)23-18(25)13-5-2-3-6-15(13)21/h2-11H,1H3,(H,23,25). The highest BCUT2D eigenvalue weighted by Crippen LogP contribution is 2.31. The van der Waals surface area contributed by atoms with Crippen LogP contribution in [-0.4, -0.2) is 28.9 Å². The molecule has 1 heterocycles. The Kier molecular flexibility index (Phi) is 6.23. The number of amides is 1. The van der Waals surface area contributed by atoms with Gasteiger partial charge in [-0.25, -0.2) is 9.78 Å². The Balaban J connectivity index is 1.93. The number of pyridine rings is 1. The van der Waals surface area contributed by atoms with Gasteiger partial charge in [-0.15, -0.1) is 0 Å². The van der Waals surface area contributed by atoms with Crippen molar-refractivity contribution in [3.05, 3.63) is 87.1 Å². The van der Waals surface area contributed by atoms with Crippen LogP contribution in [0.1, 0.15) is 20.7 Å². The number of carbonyl (C=O) groups is 2. The van der Waals surface area contributed by atoms with Crippen molar-refractivity contribution in [1.29, 1.82) is 0 Å². The Morgan fingerprint density at radius 2 is 1.87 bits per heavy atom. The molecule has 0 fully saturated rings. The third kappa shape index (κ3) is 4.53. The number of methoxy groups -OCH3 is 1. The second-order valence-electron chi connectivity index (χ2n) is 5.82. The summed E-state index contributed by atoms with van der Waals surface area (Å²) in [6, 6.07) is 13.2. The monoisotopic (exact) mass is 427 g/mol. The van der Waals surface area contributed by atoms with Gasteiger partial charge >= 0.3 is 11.7 Å². The van der Waals surface area contributed by atoms with Gasteiger partial charge in [-0.3, -0.25) is 14.9 Å². The first-order chi connectivity index (χ1) is 14.4. The summed E-state index contributed by atoms with van der Waals surface area (Å²) < 4.78 is 10.2. The number of carbonyl (C=O) groups excluding carboxylic acids is 2. The molecule has 0 spiro atoms. The smallest absolute Gasteiger partial charge is 0.340 e. The summed E-state index contributed by atoms with van der Waals surface area (Å²) in [5.41, 5.74) is 0.0104. The fraction of sp³-hybridized carbons (Fsp3) is 0.0500. The molecule has 3 rings (SSSR count). The number of nitrogens with one attached hydrogen (secondary N) is 1. The van der Waals surface area contributed by atoms with Gasteiger partial charge in [0.05, 0.1) is 33.9 Å². The lowest BCUT2D eigenvalue weighted by Gasteiger charge is -2.12. The molecule has 0 aliphatic heterocycles. The fourth-order valence-electron chi connectivity index (χ4n) is 2.52. The minimum Gasteiger partial charge on any atom is -0.465 e. The Hall–Kier alpha value is -3.98. The molecule has 1 N–H and O–H groups in total. The van der Waals surface area contributed by atoms with Crippen LogP contribution in [0.3, 0.4) is 0 Å². The molecule has 0 aliphatic rings. The van der Waals surface area contributed by atoms with Gasteiger partial charge in [0.1, 0.15) is 5.75 Å². The summed E-state index contributed by atoms with van der Waals surface area (Å²) in [6.45, 7) is 0. The zero-order chi connectivity index (χ0) is 21.7. The van der Waals surface area contributed by atoms with E-state index in [0.29, 0.717) is 0 Å². The van der Waals surface area contributed by atoms with Crippen molar-refractivity contribution < 1.29 is 24.0 Å². The highest BCUT2D eigenvalue weighted by atomic mass is 35.5. The van der Waals surface area contributed by atoms with E-state index < -0.39 is 16.8 Å². The van der Waals surface area contributed by atoms with Crippen molar-refractivity contribution in [3.63, 3.8) is 0 Å². The molecule has 0 saturated heterocycles. The van der Waals surface area contributed by atoms with Crippen LogP contribution in [0.5, 0.6) is 11.6 Å². The van der Waals surface area contributed by atoms with E-state index >= 15 is 0 Å². The second kappa shape index (κ2) is 9.01. The highest BCUT2D eigenvalue weighted by Gasteiger charge is 2.20. The van der Waals surface area contributed by atoms with Gasteiger partial charge in [-0.05, 0) is 36.4 Å². The quantitative estimate of drug-likeness (QED) is 0.350. The predicted molar refractivity (Wildman–Crippen MR) is 108 cm³/mol. The number of nitro groups is 1. The van der Waals surface area contributed by atoms with E-state index in [1.165, 1.54) is 49.7 Å². The maximum Gasteiger partial charge on any atom is 0.340 e. The van der Waals surface area contributed by atoms with Crippen molar-refractivity contribution in [1.82, 2.24) is 4.98 Å². The first-order valence-electron chi connectivity index (χ1n) is 8.46. The average molecular weight is 428 g/mol. The lowest BCUT2D eigenvalue weighted by molar-refractivity contribution is -0.386. The van der Waals surface area contributed by atoms with Crippen molar-refractivity contribution in [2.24, 2.45) is 0 Å². The third-order valence-corrected chi connectivity index (χ3v) is 4.25. The maximum absolute atomic E-state index is 12.5. The summed E-state index contributed by atoms with van der Waals surface area (Å²) in [7, 11) is 1.18. The summed E-state index contributed by atoms with van der Waals surface area (Å²) in [4.78, 5) is 39.1. The van der Waals surface area contributed by atoms with Crippen LogP contribution in [0.4, 0.5) is 11.4 Å². The third-order valence-electron chi connectivity index (χ3n) is 3.93. The van der Waals surface area contributed by atoms with Gasteiger partial charge in [-0.1, -0.05) is 23.7 Å². The number of benzene rings is 2. The normalized spacial score (nSPS) is 10.2. The van der Waals surface area contributed by atoms with Gasteiger partial charge < -0.3 is 14.8 Å². The first kappa shape index (κ1) is 20.7. The van der Waals surface area contributed by atoms with Crippen molar-refractivity contribution in [2.45, 2.75) is 0 Å². The van der Waals surface area contributed by atoms with Gasteiger partial charge in [-0.2, -0.15) is 0 Å². The van der Waals surface area contributed by atoms with E-state index in [0.717, 1.165) is 0 Å². The van der Waals surface area contributed by atoms with Gasteiger partial charge in [0.25, 0.3) is 11.8 Å². The van der Waals surface area contributed by atoms with Crippen LogP contribution in [0.2, 0.25) is 5.02 Å². The molecule has 1 amide bonds. The SMILES string of the molecule is COC(=O)c1cc(Oc2ncccc2[N+](=O)[O-])ccc1NC(=O)c1ccccc1Cl. The molecule has 0 bridgehead atoms. The van der Waals surface area contributed by atoms with Crippen molar-refractivity contribution >= 4 is 34.9 Å². The van der Waals surface area contributed by atoms with Crippen molar-refractivity contribution in [2.75, 3.05) is 12.4 Å². The van der Waals surface area contributed by atoms with Gasteiger partial charge in [0.2, 0.25) is 0 Å². The van der Waals surface area contributed by atoms with Crippen LogP contribution in [0.25, 0.3) is 0 Å². The first-order valence-corrected chi connectivity index (χ1v) is 8.84. The fourth-order valence-corrected chi connectivity index (χ4v) is 2.74. The molecule has 0 aliphatic carbocycles. The van der Waals surface area contributed by atoms with Crippen LogP contribution in [0.15, 0.2) is 60.8 Å². The molecular formula is C20H14ClN3O6. The lowest BCUT2D eigenvalue weighted by atomic mass is 10.1. The molecule has 0 atom stereocenters. The molecule has 2 aromatic carbocycles. The zero-order valence-electron chi connectivity index (χ0n) is 15.5. The molecule has 1 aromatic heterocycles. The molecule has 3 aromatic rings. The minimum atomic E-state index is -0.745. The Labute approximate surface area is 175 Å². The van der Waals surface area contributed by atoms with E-state index in [1.54, 1.807) is 18.2 Å². The molecular weight excluding hydrogens is 414 g/mol. The zero-order valence-corrected chi connectivity index (χ0v) is 16.3.